The average Bonchev–Trinajstić information content (AvgIpc) is 2.91. The number of hydrogen-bond donors (Lipinski definition) is 0. The molecule has 132 valence electrons. The maximum Gasteiger partial charge on any atom is 0.338 e. The standard InChI is InChI=1S/C20H17NO3S2/c1-3-24-19(23)15-5-4-6-16(12-15)21-18(22)17(26-20(21)25)11-14-9-7-13(2)8-10-14/h4-12H,3H2,1-2H3/b17-11+. The number of benzene rings is 2. The molecule has 0 atom stereocenters. The third kappa shape index (κ3) is 3.86. The van der Waals surface area contributed by atoms with E-state index in [1.807, 2.05) is 37.3 Å². The molecule has 1 fully saturated rings. The van der Waals surface area contributed by atoms with E-state index in [2.05, 4.69) is 0 Å². The van der Waals surface area contributed by atoms with Crippen LogP contribution in [-0.4, -0.2) is 22.8 Å². The Morgan fingerprint density at radius 2 is 1.96 bits per heavy atom. The number of esters is 1. The van der Waals surface area contributed by atoms with E-state index in [0.717, 1.165) is 11.1 Å². The molecule has 0 aromatic heterocycles. The minimum atomic E-state index is -0.421. The summed E-state index contributed by atoms with van der Waals surface area (Å²) >= 11 is 6.64. The van der Waals surface area contributed by atoms with Crippen LogP contribution in [0.4, 0.5) is 5.69 Å². The fourth-order valence-corrected chi connectivity index (χ4v) is 3.79. The monoisotopic (exact) mass is 383 g/mol. The van der Waals surface area contributed by atoms with Crippen LogP contribution in [0.1, 0.15) is 28.4 Å². The number of rotatable bonds is 4. The fraction of sp³-hybridized carbons (Fsp3) is 0.150. The summed E-state index contributed by atoms with van der Waals surface area (Å²) in [5, 5.41) is 0. The molecule has 3 rings (SSSR count). The number of amides is 1. The van der Waals surface area contributed by atoms with Crippen LogP contribution in [-0.2, 0) is 9.53 Å². The van der Waals surface area contributed by atoms with E-state index in [9.17, 15) is 9.59 Å². The molecule has 1 aliphatic heterocycles. The third-order valence-electron chi connectivity index (χ3n) is 3.78. The summed E-state index contributed by atoms with van der Waals surface area (Å²) < 4.78 is 5.46. The van der Waals surface area contributed by atoms with Crippen LogP contribution < -0.4 is 4.90 Å². The third-order valence-corrected chi connectivity index (χ3v) is 5.09. The topological polar surface area (TPSA) is 46.6 Å². The average molecular weight is 383 g/mol. The number of ether oxygens (including phenoxy) is 1. The van der Waals surface area contributed by atoms with Gasteiger partial charge in [0.15, 0.2) is 4.32 Å². The Balaban J connectivity index is 1.89. The van der Waals surface area contributed by atoms with Crippen molar-refractivity contribution in [3.05, 3.63) is 70.1 Å². The second-order valence-electron chi connectivity index (χ2n) is 5.70. The van der Waals surface area contributed by atoms with Gasteiger partial charge in [-0.2, -0.15) is 0 Å². The van der Waals surface area contributed by atoms with E-state index >= 15 is 0 Å². The molecule has 2 aromatic rings. The van der Waals surface area contributed by atoms with Gasteiger partial charge in [-0.15, -0.1) is 0 Å². The van der Waals surface area contributed by atoms with Crippen LogP contribution in [0.15, 0.2) is 53.4 Å². The zero-order valence-corrected chi connectivity index (χ0v) is 16.0. The Hall–Kier alpha value is -2.44. The predicted molar refractivity (Wildman–Crippen MR) is 109 cm³/mol. The smallest absolute Gasteiger partial charge is 0.338 e. The number of carbonyl (C=O) groups is 2. The summed E-state index contributed by atoms with van der Waals surface area (Å²) in [5.74, 6) is -0.614. The molecular formula is C20H17NO3S2. The molecular weight excluding hydrogens is 366 g/mol. The Bertz CT molecular complexity index is 904. The Morgan fingerprint density at radius 1 is 1.23 bits per heavy atom. The van der Waals surface area contributed by atoms with Crippen molar-refractivity contribution in [3.8, 4) is 0 Å². The fourth-order valence-electron chi connectivity index (χ4n) is 2.49. The van der Waals surface area contributed by atoms with Crippen LogP contribution in [0.2, 0.25) is 0 Å². The van der Waals surface area contributed by atoms with Gasteiger partial charge in [0.1, 0.15) is 0 Å². The van der Waals surface area contributed by atoms with Gasteiger partial charge in [0, 0.05) is 0 Å². The largest absolute Gasteiger partial charge is 0.462 e. The first-order valence-corrected chi connectivity index (χ1v) is 9.34. The van der Waals surface area contributed by atoms with Gasteiger partial charge >= 0.3 is 5.97 Å². The van der Waals surface area contributed by atoms with E-state index < -0.39 is 5.97 Å². The number of anilines is 1. The molecule has 0 saturated carbocycles. The number of nitrogens with zero attached hydrogens (tertiary/aromatic N) is 1. The minimum absolute atomic E-state index is 0.193. The molecule has 0 spiro atoms. The summed E-state index contributed by atoms with van der Waals surface area (Å²) in [6, 6.07) is 14.7. The Labute approximate surface area is 161 Å². The maximum absolute atomic E-state index is 12.8. The van der Waals surface area contributed by atoms with Crippen molar-refractivity contribution in [2.24, 2.45) is 0 Å². The van der Waals surface area contributed by atoms with Gasteiger partial charge < -0.3 is 4.74 Å². The lowest BCUT2D eigenvalue weighted by Crippen LogP contribution is -2.27. The molecule has 1 heterocycles. The first kappa shape index (κ1) is 18.4. The number of carbonyl (C=O) groups excluding carboxylic acids is 2. The minimum Gasteiger partial charge on any atom is -0.462 e. The van der Waals surface area contributed by atoms with E-state index in [0.29, 0.717) is 27.1 Å². The van der Waals surface area contributed by atoms with Crippen molar-refractivity contribution in [3.63, 3.8) is 0 Å². The highest BCUT2D eigenvalue weighted by molar-refractivity contribution is 8.27. The van der Waals surface area contributed by atoms with Crippen molar-refractivity contribution in [2.75, 3.05) is 11.5 Å². The molecule has 1 amide bonds. The van der Waals surface area contributed by atoms with Gasteiger partial charge in [0.05, 0.1) is 22.8 Å². The van der Waals surface area contributed by atoms with Gasteiger partial charge in [-0.3, -0.25) is 9.69 Å². The second kappa shape index (κ2) is 7.85. The number of thioether (sulfide) groups is 1. The molecule has 6 heteroatoms. The first-order valence-electron chi connectivity index (χ1n) is 8.11. The molecule has 0 unspecified atom stereocenters. The highest BCUT2D eigenvalue weighted by Crippen LogP contribution is 2.36. The van der Waals surface area contributed by atoms with Gasteiger partial charge in [-0.25, -0.2) is 4.79 Å². The molecule has 0 aliphatic carbocycles. The maximum atomic E-state index is 12.8. The van der Waals surface area contributed by atoms with E-state index in [1.165, 1.54) is 16.7 Å². The zero-order chi connectivity index (χ0) is 18.7. The Morgan fingerprint density at radius 3 is 2.65 bits per heavy atom. The molecule has 4 nitrogen and oxygen atoms in total. The predicted octanol–water partition coefficient (Wildman–Crippen LogP) is 4.58. The molecule has 1 aliphatic rings. The molecule has 2 aromatic carbocycles. The number of thiocarbonyl (C=S) groups is 1. The van der Waals surface area contributed by atoms with Crippen LogP contribution in [0.25, 0.3) is 6.08 Å². The van der Waals surface area contributed by atoms with E-state index in [-0.39, 0.29) is 5.91 Å². The molecule has 0 N–H and O–H groups in total. The SMILES string of the molecule is CCOC(=O)c1cccc(N2C(=O)/C(=C\c3ccc(C)cc3)SC2=S)c1. The van der Waals surface area contributed by atoms with E-state index in [1.54, 1.807) is 31.2 Å². The van der Waals surface area contributed by atoms with Crippen molar-refractivity contribution >= 4 is 51.9 Å². The van der Waals surface area contributed by atoms with Crippen molar-refractivity contribution in [2.45, 2.75) is 13.8 Å². The first-order chi connectivity index (χ1) is 12.5. The highest BCUT2D eigenvalue weighted by Gasteiger charge is 2.33. The summed E-state index contributed by atoms with van der Waals surface area (Å²) in [5.41, 5.74) is 3.05. The lowest BCUT2D eigenvalue weighted by molar-refractivity contribution is -0.113. The number of hydrogen-bond acceptors (Lipinski definition) is 5. The normalized spacial score (nSPS) is 15.6. The van der Waals surface area contributed by atoms with E-state index in [4.69, 9.17) is 17.0 Å². The molecule has 1 saturated heterocycles. The van der Waals surface area contributed by atoms with Gasteiger partial charge in [-0.1, -0.05) is 59.9 Å². The van der Waals surface area contributed by atoms with Gasteiger partial charge in [-0.05, 0) is 43.7 Å². The van der Waals surface area contributed by atoms with Crippen molar-refractivity contribution < 1.29 is 14.3 Å². The summed E-state index contributed by atoms with van der Waals surface area (Å²) in [6.07, 6.45) is 1.83. The zero-order valence-electron chi connectivity index (χ0n) is 14.4. The number of aryl methyl sites for hydroxylation is 1. The van der Waals surface area contributed by atoms with Crippen molar-refractivity contribution in [1.82, 2.24) is 0 Å². The highest BCUT2D eigenvalue weighted by atomic mass is 32.2. The molecule has 26 heavy (non-hydrogen) atoms. The lowest BCUT2D eigenvalue weighted by atomic mass is 10.1. The van der Waals surface area contributed by atoms with Crippen LogP contribution in [0.5, 0.6) is 0 Å². The molecule has 0 bridgehead atoms. The lowest BCUT2D eigenvalue weighted by Gasteiger charge is -2.15. The van der Waals surface area contributed by atoms with Crippen LogP contribution in [0.3, 0.4) is 0 Å². The summed E-state index contributed by atoms with van der Waals surface area (Å²) in [7, 11) is 0. The van der Waals surface area contributed by atoms with Crippen LogP contribution >= 0.6 is 24.0 Å². The van der Waals surface area contributed by atoms with Gasteiger partial charge in [0.2, 0.25) is 0 Å². The van der Waals surface area contributed by atoms with Crippen LogP contribution in [0, 0.1) is 6.92 Å². The second-order valence-corrected chi connectivity index (χ2v) is 7.37. The quantitative estimate of drug-likeness (QED) is 0.439. The molecule has 0 radical (unpaired) electrons. The summed E-state index contributed by atoms with van der Waals surface area (Å²) in [6.45, 7) is 4.06. The van der Waals surface area contributed by atoms with Crippen molar-refractivity contribution in [1.29, 1.82) is 0 Å². The van der Waals surface area contributed by atoms with Gasteiger partial charge in [0.25, 0.3) is 5.91 Å². The summed E-state index contributed by atoms with van der Waals surface area (Å²) in [4.78, 5) is 26.8. The Kier molecular flexibility index (Phi) is 5.54.